The first kappa shape index (κ1) is 13.9. The SMILES string of the molecule is CCCC(O)C(CC(C)C)S(=O)(=O)O. The van der Waals surface area contributed by atoms with Crippen molar-refractivity contribution in [3.63, 3.8) is 0 Å². The Hall–Kier alpha value is -0.130. The summed E-state index contributed by atoms with van der Waals surface area (Å²) in [6.45, 7) is 5.58. The lowest BCUT2D eigenvalue weighted by atomic mass is 10.0. The zero-order valence-corrected chi connectivity index (χ0v) is 9.79. The lowest BCUT2D eigenvalue weighted by molar-refractivity contribution is 0.145. The summed E-state index contributed by atoms with van der Waals surface area (Å²) in [6, 6.07) is 0. The van der Waals surface area contributed by atoms with Crippen molar-refractivity contribution < 1.29 is 18.1 Å². The van der Waals surface area contributed by atoms with E-state index in [0.717, 1.165) is 0 Å². The molecule has 2 atom stereocenters. The second-order valence-electron chi connectivity index (χ2n) is 4.04. The average molecular weight is 224 g/mol. The van der Waals surface area contributed by atoms with Gasteiger partial charge in [0.05, 0.1) is 6.10 Å². The van der Waals surface area contributed by atoms with Crippen LogP contribution in [-0.2, 0) is 10.1 Å². The van der Waals surface area contributed by atoms with Crippen LogP contribution in [0, 0.1) is 5.92 Å². The van der Waals surface area contributed by atoms with Crippen LogP contribution in [-0.4, -0.2) is 29.4 Å². The number of aliphatic hydroxyl groups is 1. The van der Waals surface area contributed by atoms with E-state index in [9.17, 15) is 13.5 Å². The van der Waals surface area contributed by atoms with E-state index in [4.69, 9.17) is 4.55 Å². The summed E-state index contributed by atoms with van der Waals surface area (Å²) in [6.07, 6.45) is 0.431. The van der Waals surface area contributed by atoms with Crippen molar-refractivity contribution in [3.05, 3.63) is 0 Å². The van der Waals surface area contributed by atoms with E-state index >= 15 is 0 Å². The Labute approximate surface area is 86.1 Å². The molecule has 0 rings (SSSR count). The smallest absolute Gasteiger partial charge is 0.270 e. The normalized spacial score (nSPS) is 17.0. The van der Waals surface area contributed by atoms with Crippen LogP contribution in [0.2, 0.25) is 0 Å². The van der Waals surface area contributed by atoms with E-state index in [1.807, 2.05) is 20.8 Å². The molecule has 0 radical (unpaired) electrons. The number of rotatable bonds is 6. The molecular formula is C9H20O4S. The molecule has 0 saturated heterocycles. The van der Waals surface area contributed by atoms with Crippen molar-refractivity contribution in [3.8, 4) is 0 Å². The Morgan fingerprint density at radius 2 is 1.79 bits per heavy atom. The van der Waals surface area contributed by atoms with E-state index in [-0.39, 0.29) is 5.92 Å². The predicted molar refractivity (Wildman–Crippen MR) is 55.7 cm³/mol. The molecule has 5 heteroatoms. The second-order valence-corrected chi connectivity index (χ2v) is 5.67. The maximum absolute atomic E-state index is 11.0. The fourth-order valence-corrected chi connectivity index (χ4v) is 2.58. The minimum absolute atomic E-state index is 0.133. The van der Waals surface area contributed by atoms with Gasteiger partial charge in [-0.1, -0.05) is 27.2 Å². The molecule has 0 saturated carbocycles. The summed E-state index contributed by atoms with van der Waals surface area (Å²) in [5, 5.41) is 8.51. The van der Waals surface area contributed by atoms with E-state index < -0.39 is 21.5 Å². The second kappa shape index (κ2) is 5.68. The molecule has 4 nitrogen and oxygen atoms in total. The predicted octanol–water partition coefficient (Wildman–Crippen LogP) is 1.45. The van der Waals surface area contributed by atoms with Gasteiger partial charge in [-0.3, -0.25) is 4.55 Å². The lowest BCUT2D eigenvalue weighted by Crippen LogP contribution is -2.34. The van der Waals surface area contributed by atoms with Gasteiger partial charge in [-0.2, -0.15) is 8.42 Å². The maximum Gasteiger partial charge on any atom is 0.270 e. The van der Waals surface area contributed by atoms with Crippen LogP contribution in [0.5, 0.6) is 0 Å². The van der Waals surface area contributed by atoms with Gasteiger partial charge in [0, 0.05) is 0 Å². The van der Waals surface area contributed by atoms with Crippen molar-refractivity contribution in [2.75, 3.05) is 0 Å². The van der Waals surface area contributed by atoms with Gasteiger partial charge >= 0.3 is 0 Å². The zero-order chi connectivity index (χ0) is 11.4. The van der Waals surface area contributed by atoms with Crippen LogP contribution < -0.4 is 0 Å². The number of hydrogen-bond acceptors (Lipinski definition) is 3. The molecule has 2 unspecified atom stereocenters. The van der Waals surface area contributed by atoms with Gasteiger partial charge in [0.15, 0.2) is 0 Å². The van der Waals surface area contributed by atoms with Crippen LogP contribution in [0.4, 0.5) is 0 Å². The van der Waals surface area contributed by atoms with Gasteiger partial charge < -0.3 is 5.11 Å². The Morgan fingerprint density at radius 3 is 2.07 bits per heavy atom. The molecule has 0 aliphatic rings. The number of aliphatic hydroxyl groups excluding tert-OH is 1. The van der Waals surface area contributed by atoms with Crippen LogP contribution in [0.3, 0.4) is 0 Å². The van der Waals surface area contributed by atoms with E-state index in [1.165, 1.54) is 0 Å². The minimum atomic E-state index is -4.13. The molecule has 0 fully saturated rings. The summed E-state index contributed by atoms with van der Waals surface area (Å²) < 4.78 is 30.9. The largest absolute Gasteiger partial charge is 0.392 e. The van der Waals surface area contributed by atoms with Crippen molar-refractivity contribution in [2.24, 2.45) is 5.92 Å². The van der Waals surface area contributed by atoms with Crippen molar-refractivity contribution in [2.45, 2.75) is 51.4 Å². The van der Waals surface area contributed by atoms with Crippen LogP contribution >= 0.6 is 0 Å². The van der Waals surface area contributed by atoms with Gasteiger partial charge in [0.1, 0.15) is 5.25 Å². The lowest BCUT2D eigenvalue weighted by Gasteiger charge is -2.21. The highest BCUT2D eigenvalue weighted by Gasteiger charge is 2.30. The van der Waals surface area contributed by atoms with Crippen molar-refractivity contribution in [1.82, 2.24) is 0 Å². The molecule has 0 aromatic carbocycles. The molecule has 0 aromatic heterocycles. The third-order valence-electron chi connectivity index (χ3n) is 2.10. The molecule has 0 amide bonds. The molecule has 0 aromatic rings. The molecule has 86 valence electrons. The van der Waals surface area contributed by atoms with Crippen LogP contribution in [0.15, 0.2) is 0 Å². The summed E-state index contributed by atoms with van der Waals surface area (Å²) in [4.78, 5) is 0. The van der Waals surface area contributed by atoms with E-state index in [0.29, 0.717) is 19.3 Å². The highest BCUT2D eigenvalue weighted by atomic mass is 32.2. The highest BCUT2D eigenvalue weighted by Crippen LogP contribution is 2.18. The third-order valence-corrected chi connectivity index (χ3v) is 3.37. The minimum Gasteiger partial charge on any atom is -0.392 e. The van der Waals surface area contributed by atoms with Crippen LogP contribution in [0.1, 0.15) is 40.0 Å². The Morgan fingerprint density at radius 1 is 1.29 bits per heavy atom. The fraction of sp³-hybridized carbons (Fsp3) is 1.00. The third kappa shape index (κ3) is 4.93. The zero-order valence-electron chi connectivity index (χ0n) is 8.97. The molecule has 0 aliphatic heterocycles. The summed E-state index contributed by atoms with van der Waals surface area (Å²) in [7, 11) is -4.13. The van der Waals surface area contributed by atoms with Gasteiger partial charge in [-0.05, 0) is 18.8 Å². The Kier molecular flexibility index (Phi) is 5.63. The Bertz CT molecular complexity index is 246. The fourth-order valence-electron chi connectivity index (χ4n) is 1.42. The maximum atomic E-state index is 11.0. The molecule has 0 heterocycles. The van der Waals surface area contributed by atoms with E-state index in [1.54, 1.807) is 0 Å². The van der Waals surface area contributed by atoms with Gasteiger partial charge in [-0.15, -0.1) is 0 Å². The topological polar surface area (TPSA) is 74.6 Å². The first-order chi connectivity index (χ1) is 6.29. The quantitative estimate of drug-likeness (QED) is 0.670. The Balaban J connectivity index is 4.56. The van der Waals surface area contributed by atoms with Crippen molar-refractivity contribution >= 4 is 10.1 Å². The molecular weight excluding hydrogens is 204 g/mol. The molecule has 0 spiro atoms. The first-order valence-corrected chi connectivity index (χ1v) is 6.43. The standard InChI is InChI=1S/C9H20O4S/c1-4-5-8(10)9(6-7(2)3)14(11,12)13/h7-10H,4-6H2,1-3H3,(H,11,12,13). The van der Waals surface area contributed by atoms with Gasteiger partial charge in [-0.25, -0.2) is 0 Å². The average Bonchev–Trinajstić information content (AvgIpc) is 1.98. The molecule has 0 aliphatic carbocycles. The summed E-state index contributed by atoms with van der Waals surface area (Å²) in [5.74, 6) is 0.133. The summed E-state index contributed by atoms with van der Waals surface area (Å²) in [5.41, 5.74) is 0. The summed E-state index contributed by atoms with van der Waals surface area (Å²) >= 11 is 0. The molecule has 0 bridgehead atoms. The van der Waals surface area contributed by atoms with Crippen molar-refractivity contribution in [1.29, 1.82) is 0 Å². The van der Waals surface area contributed by atoms with Crippen LogP contribution in [0.25, 0.3) is 0 Å². The first-order valence-electron chi connectivity index (χ1n) is 4.93. The van der Waals surface area contributed by atoms with Gasteiger partial charge in [0.25, 0.3) is 10.1 Å². The monoisotopic (exact) mass is 224 g/mol. The van der Waals surface area contributed by atoms with Gasteiger partial charge in [0.2, 0.25) is 0 Å². The number of hydrogen-bond donors (Lipinski definition) is 2. The van der Waals surface area contributed by atoms with E-state index in [2.05, 4.69) is 0 Å². The highest BCUT2D eigenvalue weighted by molar-refractivity contribution is 7.86. The molecule has 2 N–H and O–H groups in total. The molecule has 14 heavy (non-hydrogen) atoms.